The lowest BCUT2D eigenvalue weighted by molar-refractivity contribution is -0.146. The number of rotatable bonds is 1. The van der Waals surface area contributed by atoms with Crippen LogP contribution >= 0.6 is 0 Å². The van der Waals surface area contributed by atoms with Gasteiger partial charge in [0, 0.05) is 34.3 Å². The van der Waals surface area contributed by atoms with Gasteiger partial charge in [0.15, 0.2) is 0 Å². The Hall–Kier alpha value is -2.63. The van der Waals surface area contributed by atoms with E-state index >= 15 is 0 Å². The zero-order valence-corrected chi connectivity index (χ0v) is 18.7. The van der Waals surface area contributed by atoms with Crippen LogP contribution in [0.15, 0.2) is 18.2 Å². The number of carbonyl (C=O) groups is 2. The molecule has 0 aromatic heterocycles. The molecule has 0 spiro atoms. The van der Waals surface area contributed by atoms with Gasteiger partial charge in [-0.25, -0.2) is 0 Å². The van der Waals surface area contributed by atoms with Crippen molar-refractivity contribution in [2.75, 3.05) is 40.9 Å². The molecule has 0 aliphatic carbocycles. The SMILES string of the molecule is CO[C@H]1CC[C@@H]2CCN(C)C(=O)[C@@H](C)CN(C)C(=O)c3cc(C#N)ccc3OC[C@H]1O2. The van der Waals surface area contributed by atoms with Gasteiger partial charge in [0.2, 0.25) is 5.91 Å². The Bertz CT molecular complexity index is 852. The number of nitrogens with zero attached hydrogens (tertiary/aromatic N) is 3. The van der Waals surface area contributed by atoms with Crippen molar-refractivity contribution < 1.29 is 23.8 Å². The van der Waals surface area contributed by atoms with Gasteiger partial charge in [0.1, 0.15) is 18.5 Å². The number of hydrogen-bond donors (Lipinski definition) is 0. The van der Waals surface area contributed by atoms with E-state index in [1.54, 1.807) is 38.2 Å². The first-order valence-corrected chi connectivity index (χ1v) is 10.7. The first kappa shape index (κ1) is 23.0. The van der Waals surface area contributed by atoms with Crippen LogP contribution in [0.25, 0.3) is 0 Å². The van der Waals surface area contributed by atoms with Crippen LogP contribution < -0.4 is 4.74 Å². The maximum absolute atomic E-state index is 13.2. The smallest absolute Gasteiger partial charge is 0.257 e. The summed E-state index contributed by atoms with van der Waals surface area (Å²) in [6.45, 7) is 2.91. The first-order chi connectivity index (χ1) is 14.8. The summed E-state index contributed by atoms with van der Waals surface area (Å²) in [6.07, 6.45) is 2.05. The number of benzene rings is 1. The Morgan fingerprint density at radius 1 is 1.16 bits per heavy atom. The number of carbonyl (C=O) groups excluding carboxylic acids is 2. The Morgan fingerprint density at radius 3 is 2.65 bits per heavy atom. The molecule has 2 aliphatic rings. The molecule has 1 aromatic rings. The molecule has 0 radical (unpaired) electrons. The van der Waals surface area contributed by atoms with Crippen LogP contribution in [0, 0.1) is 17.2 Å². The molecule has 31 heavy (non-hydrogen) atoms. The Labute approximate surface area is 183 Å². The van der Waals surface area contributed by atoms with Gasteiger partial charge in [-0.15, -0.1) is 0 Å². The summed E-state index contributed by atoms with van der Waals surface area (Å²) in [6, 6.07) is 6.86. The molecular formula is C23H31N3O5. The average Bonchev–Trinajstić information content (AvgIpc) is 2.79. The van der Waals surface area contributed by atoms with Gasteiger partial charge in [-0.2, -0.15) is 5.26 Å². The summed E-state index contributed by atoms with van der Waals surface area (Å²) in [4.78, 5) is 29.2. The van der Waals surface area contributed by atoms with E-state index in [2.05, 4.69) is 6.07 Å². The van der Waals surface area contributed by atoms with Crippen molar-refractivity contribution in [2.24, 2.45) is 5.92 Å². The Morgan fingerprint density at radius 2 is 1.94 bits per heavy atom. The van der Waals surface area contributed by atoms with Crippen molar-refractivity contribution in [1.29, 1.82) is 5.26 Å². The van der Waals surface area contributed by atoms with E-state index in [0.29, 0.717) is 23.4 Å². The Balaban J connectivity index is 1.94. The minimum Gasteiger partial charge on any atom is -0.490 e. The molecule has 8 nitrogen and oxygen atoms in total. The number of ether oxygens (including phenoxy) is 3. The highest BCUT2D eigenvalue weighted by molar-refractivity contribution is 5.97. The zero-order chi connectivity index (χ0) is 22.5. The lowest BCUT2D eigenvalue weighted by Gasteiger charge is -2.36. The molecule has 1 saturated heterocycles. The third kappa shape index (κ3) is 5.35. The summed E-state index contributed by atoms with van der Waals surface area (Å²) in [7, 11) is 5.10. The van der Waals surface area contributed by atoms with Crippen molar-refractivity contribution in [3.8, 4) is 11.8 Å². The molecule has 2 amide bonds. The highest BCUT2D eigenvalue weighted by atomic mass is 16.6. The number of nitriles is 1. The summed E-state index contributed by atoms with van der Waals surface area (Å²) >= 11 is 0. The molecule has 168 valence electrons. The Kier molecular flexibility index (Phi) is 7.52. The van der Waals surface area contributed by atoms with E-state index < -0.39 is 0 Å². The molecule has 4 atom stereocenters. The lowest BCUT2D eigenvalue weighted by Crippen LogP contribution is -2.44. The van der Waals surface area contributed by atoms with Crippen LogP contribution in [0.3, 0.4) is 0 Å². The van der Waals surface area contributed by atoms with Gasteiger partial charge >= 0.3 is 0 Å². The predicted octanol–water partition coefficient (Wildman–Crippen LogP) is 2.07. The van der Waals surface area contributed by atoms with Crippen molar-refractivity contribution in [1.82, 2.24) is 9.80 Å². The molecule has 8 heteroatoms. The zero-order valence-electron chi connectivity index (χ0n) is 18.7. The van der Waals surface area contributed by atoms with E-state index in [-0.39, 0.29) is 49.2 Å². The number of fused-ring (bicyclic) bond motifs is 3. The highest BCUT2D eigenvalue weighted by Gasteiger charge is 2.33. The molecule has 3 rings (SSSR count). The van der Waals surface area contributed by atoms with Crippen LogP contribution in [-0.4, -0.2) is 80.8 Å². The molecule has 1 fully saturated rings. The van der Waals surface area contributed by atoms with Crippen molar-refractivity contribution in [3.05, 3.63) is 29.3 Å². The third-order valence-corrected chi connectivity index (χ3v) is 6.08. The summed E-state index contributed by atoms with van der Waals surface area (Å²) < 4.78 is 17.9. The van der Waals surface area contributed by atoms with Gasteiger partial charge in [-0.1, -0.05) is 6.92 Å². The minimum absolute atomic E-state index is 0.0143. The van der Waals surface area contributed by atoms with Gasteiger partial charge in [0.25, 0.3) is 5.91 Å². The highest BCUT2D eigenvalue weighted by Crippen LogP contribution is 2.27. The predicted molar refractivity (Wildman–Crippen MR) is 114 cm³/mol. The van der Waals surface area contributed by atoms with E-state index in [1.165, 1.54) is 11.0 Å². The maximum atomic E-state index is 13.2. The minimum atomic E-state index is -0.356. The van der Waals surface area contributed by atoms with E-state index in [9.17, 15) is 14.9 Å². The second-order valence-corrected chi connectivity index (χ2v) is 8.42. The van der Waals surface area contributed by atoms with Gasteiger partial charge in [0.05, 0.1) is 35.3 Å². The summed E-state index contributed by atoms with van der Waals surface area (Å²) in [5, 5.41) is 9.29. The summed E-state index contributed by atoms with van der Waals surface area (Å²) in [5.41, 5.74) is 0.667. The topological polar surface area (TPSA) is 92.1 Å². The van der Waals surface area contributed by atoms with Gasteiger partial charge in [-0.3, -0.25) is 9.59 Å². The lowest BCUT2D eigenvalue weighted by atomic mass is 9.99. The molecular weight excluding hydrogens is 398 g/mol. The van der Waals surface area contributed by atoms with E-state index in [4.69, 9.17) is 14.2 Å². The largest absolute Gasteiger partial charge is 0.490 e. The molecule has 1 aromatic carbocycles. The first-order valence-electron chi connectivity index (χ1n) is 10.7. The molecule has 0 N–H and O–H groups in total. The fraction of sp³-hybridized carbons (Fsp3) is 0.609. The molecule has 0 unspecified atom stereocenters. The van der Waals surface area contributed by atoms with Crippen LogP contribution in [-0.2, 0) is 14.3 Å². The van der Waals surface area contributed by atoms with Crippen molar-refractivity contribution >= 4 is 11.8 Å². The average molecular weight is 430 g/mol. The van der Waals surface area contributed by atoms with E-state index in [0.717, 1.165) is 19.3 Å². The fourth-order valence-corrected chi connectivity index (χ4v) is 4.23. The monoisotopic (exact) mass is 429 g/mol. The van der Waals surface area contributed by atoms with Gasteiger partial charge < -0.3 is 24.0 Å². The van der Waals surface area contributed by atoms with Crippen molar-refractivity contribution in [2.45, 2.75) is 44.5 Å². The number of amides is 2. The van der Waals surface area contributed by atoms with Crippen LogP contribution in [0.1, 0.15) is 42.1 Å². The van der Waals surface area contributed by atoms with Crippen LogP contribution in [0.2, 0.25) is 0 Å². The fourth-order valence-electron chi connectivity index (χ4n) is 4.23. The molecule has 0 saturated carbocycles. The second-order valence-electron chi connectivity index (χ2n) is 8.42. The molecule has 2 aliphatic heterocycles. The molecule has 2 bridgehead atoms. The quantitative estimate of drug-likeness (QED) is 0.679. The number of hydrogen-bond acceptors (Lipinski definition) is 6. The molecule has 2 heterocycles. The van der Waals surface area contributed by atoms with Gasteiger partial charge in [-0.05, 0) is 37.5 Å². The summed E-state index contributed by atoms with van der Waals surface area (Å²) in [5.74, 6) is -0.276. The number of methoxy groups -OCH3 is 1. The second kappa shape index (κ2) is 10.1. The van der Waals surface area contributed by atoms with E-state index in [1.807, 2.05) is 6.92 Å². The normalized spacial score (nSPS) is 28.1. The van der Waals surface area contributed by atoms with Crippen LogP contribution in [0.4, 0.5) is 0 Å². The maximum Gasteiger partial charge on any atom is 0.257 e. The van der Waals surface area contributed by atoms with Crippen molar-refractivity contribution in [3.63, 3.8) is 0 Å². The van der Waals surface area contributed by atoms with Crippen LogP contribution in [0.5, 0.6) is 5.75 Å². The standard InChI is InChI=1S/C23H31N3O5/c1-15-13-26(3)23(28)18-11-16(12-24)5-7-19(18)30-14-21-20(29-4)8-6-17(31-21)9-10-25(2)22(15)27/h5,7,11,15,17,20-21H,6,8-10,13-14H2,1-4H3/t15-,17+,20-,21+/m0/s1. The third-order valence-electron chi connectivity index (χ3n) is 6.08.